The number of carbonyl (C=O) groups excluding carboxylic acids is 11. The zero-order valence-corrected chi connectivity index (χ0v) is 67.4. The number of likely N-dealkylation sites (N-methyl/N-ethyl adjacent to an activating group) is 2. The molecule has 2 aromatic carbocycles. The molecule has 4 rings (SSSR count). The van der Waals surface area contributed by atoms with Crippen molar-refractivity contribution in [1.82, 2.24) is 46.2 Å². The molecule has 0 spiro atoms. The predicted molar refractivity (Wildman–Crippen MR) is 413 cm³/mol. The number of likely N-dealkylation sites (tertiary alicyclic amines) is 2. The molecule has 2 fully saturated rings. The molecule has 28 heteroatoms. The van der Waals surface area contributed by atoms with Gasteiger partial charge in [0, 0.05) is 109 Å². The van der Waals surface area contributed by atoms with Crippen LogP contribution in [-0.4, -0.2) is 248 Å². The number of nitrogens with zero attached hydrogens (tertiary/aromatic N) is 4. The molecular weight excluding hydrogens is 1390 g/mol. The molecule has 2 aromatic rings. The second kappa shape index (κ2) is 48.9. The lowest BCUT2D eigenvalue weighted by Gasteiger charge is -2.41. The predicted octanol–water partition coefficient (Wildman–Crippen LogP) is 6.09. The van der Waals surface area contributed by atoms with Crippen molar-refractivity contribution in [3.63, 3.8) is 0 Å². The maximum Gasteiger partial charge on any atom is 0.312 e. The van der Waals surface area contributed by atoms with Crippen molar-refractivity contribution < 1.29 is 81.2 Å². The van der Waals surface area contributed by atoms with Crippen molar-refractivity contribution in [3.05, 3.63) is 65.7 Å². The van der Waals surface area contributed by atoms with Crippen molar-refractivity contribution in [2.75, 3.05) is 120 Å². The lowest BCUT2D eigenvalue weighted by molar-refractivity contribution is -0.148. The fourth-order valence-corrected chi connectivity index (χ4v) is 14.6. The number of carbonyl (C=O) groups is 11. The molecule has 108 heavy (non-hydrogen) atoms. The van der Waals surface area contributed by atoms with Gasteiger partial charge in [-0.3, -0.25) is 52.8 Å². The summed E-state index contributed by atoms with van der Waals surface area (Å²) in [6, 6.07) is 12.4. The highest BCUT2D eigenvalue weighted by Crippen LogP contribution is 2.32. The number of Topliss-reactive ketones (excluding diaryl/α,β-unsaturated/α-hetero) is 2. The van der Waals surface area contributed by atoms with E-state index in [-0.39, 0.29) is 167 Å². The standard InChI is InChI=1S/C80H131N11O17/c1-17-54(8)73(89(14)79(101)71(52(4)5)87-78(100)72(53(6)7)88(12)13)66(103-15)49-69(96)91-35-22-26-63(91)74(104-16)56(10)64(92)48-61(46-57-23-19-18-20-24-57)76(98)84-50-58-27-29-62(30-28-58)85-77(99)59(25-21-34-83-80(81)102)47-65(93)70(51(2)3)86-67(94)32-37-105-39-41-107-43-44-108-42-40-106-38-33-68(95)90-36-31-60(45-55(90)9)75(97)82-11/h18-20,23-24,27-30,51-56,59-61,63,66,70-74H,17,21-22,25-26,31-50H2,1-16H3,(H,82,97)(H,84,98)(H,85,99)(H,86,94)(H,87,100)(H3,81,83,102)/t54-,55?,56-,59+,60?,61+,63-,66+,70-,71-,72-,73-,74+/m0/s1. The van der Waals surface area contributed by atoms with Gasteiger partial charge in [-0.1, -0.05) is 111 Å². The number of ketones is 2. The van der Waals surface area contributed by atoms with Crippen molar-refractivity contribution >= 4 is 70.5 Å². The Morgan fingerprint density at radius 1 is 0.620 bits per heavy atom. The molecule has 608 valence electrons. The minimum absolute atomic E-state index is 0.00390. The number of benzene rings is 2. The van der Waals surface area contributed by atoms with E-state index in [0.717, 1.165) is 5.56 Å². The number of primary amides is 1. The number of urea groups is 1. The topological polar surface area (TPSA) is 354 Å². The average molecular weight is 1520 g/mol. The highest BCUT2D eigenvalue weighted by atomic mass is 16.6. The molecule has 28 nitrogen and oxygen atoms in total. The fraction of sp³-hybridized carbons (Fsp3) is 0.713. The molecule has 0 bridgehead atoms. The van der Waals surface area contributed by atoms with Crippen LogP contribution in [0.3, 0.4) is 0 Å². The van der Waals surface area contributed by atoms with Gasteiger partial charge < -0.3 is 80.8 Å². The number of hydrogen-bond donors (Lipinski definition) is 7. The van der Waals surface area contributed by atoms with Crippen LogP contribution in [0, 0.1) is 47.3 Å². The third-order valence-electron chi connectivity index (χ3n) is 20.9. The second-order valence-corrected chi connectivity index (χ2v) is 30.2. The Hall–Kier alpha value is -7.47. The first-order chi connectivity index (χ1) is 51.4. The van der Waals surface area contributed by atoms with E-state index in [1.54, 1.807) is 68.9 Å². The normalized spacial score (nSPS) is 18.1. The highest BCUT2D eigenvalue weighted by Gasteiger charge is 2.44. The summed E-state index contributed by atoms with van der Waals surface area (Å²) in [6.07, 6.45) is 2.45. The Morgan fingerprint density at radius 2 is 1.22 bits per heavy atom. The van der Waals surface area contributed by atoms with Gasteiger partial charge in [0.2, 0.25) is 47.3 Å². The van der Waals surface area contributed by atoms with Gasteiger partial charge in [-0.05, 0) is 113 Å². The smallest absolute Gasteiger partial charge is 0.312 e. The van der Waals surface area contributed by atoms with E-state index in [9.17, 15) is 52.7 Å². The Kier molecular flexibility index (Phi) is 42.1. The molecule has 2 aliphatic heterocycles. The van der Waals surface area contributed by atoms with Gasteiger partial charge in [-0.25, -0.2) is 4.79 Å². The zero-order chi connectivity index (χ0) is 80.2. The van der Waals surface area contributed by atoms with Crippen LogP contribution < -0.4 is 37.6 Å². The number of amides is 10. The van der Waals surface area contributed by atoms with Gasteiger partial charge in [0.1, 0.15) is 11.8 Å². The molecular formula is C80H131N11O17. The molecule has 8 N–H and O–H groups in total. The molecule has 2 unspecified atom stereocenters. The van der Waals surface area contributed by atoms with Gasteiger partial charge in [-0.15, -0.1) is 0 Å². The summed E-state index contributed by atoms with van der Waals surface area (Å²) in [5.74, 6) is -5.55. The second-order valence-electron chi connectivity index (χ2n) is 30.2. The van der Waals surface area contributed by atoms with Crippen LogP contribution in [0.4, 0.5) is 10.5 Å². The summed E-state index contributed by atoms with van der Waals surface area (Å²) in [5.41, 5.74) is 7.29. The molecule has 0 radical (unpaired) electrons. The van der Waals surface area contributed by atoms with Crippen molar-refractivity contribution in [3.8, 4) is 0 Å². The molecule has 10 amide bonds. The highest BCUT2D eigenvalue weighted by molar-refractivity contribution is 5.98. The number of nitrogens with one attached hydrogen (secondary N) is 6. The average Bonchev–Trinajstić information content (AvgIpc) is 1.47. The fourth-order valence-electron chi connectivity index (χ4n) is 14.6. The van der Waals surface area contributed by atoms with E-state index in [2.05, 4.69) is 31.9 Å². The summed E-state index contributed by atoms with van der Waals surface area (Å²) in [5, 5.41) is 17.0. The van der Waals surface area contributed by atoms with Crippen LogP contribution in [0.5, 0.6) is 0 Å². The van der Waals surface area contributed by atoms with Gasteiger partial charge in [0.15, 0.2) is 5.78 Å². The number of methoxy groups -OCH3 is 2. The Labute approximate surface area is 641 Å². The molecule has 0 aromatic heterocycles. The number of piperidine rings is 1. The van der Waals surface area contributed by atoms with Crippen LogP contribution in [0.2, 0.25) is 0 Å². The molecule has 2 saturated heterocycles. The summed E-state index contributed by atoms with van der Waals surface area (Å²) in [6.45, 7) is 22.4. The first-order valence-corrected chi connectivity index (χ1v) is 38.9. The SMILES string of the molecule is CC[C@H](C)[C@@H]([C@@H](CC(=O)N1CCC[C@H]1[C@H](OC)[C@@H](C)C(=O)C[C@@H](Cc1ccccc1)C(=O)NCc1ccc(NC(=O)[C@H](CCCNC(N)=O)CC(=O)[C@@H](NC(=O)CCOCCOCCOCCOCCC(=O)N2CCC(C(=O)NC)CC2C)C(C)C)cc1)OC)N(C)C(=O)[C@@H](NC(=O)[C@H](C(C)C)N(C)C)C(C)C. The van der Waals surface area contributed by atoms with Crippen LogP contribution in [-0.2, 0) is 89.3 Å². The largest absolute Gasteiger partial charge is 0.379 e. The van der Waals surface area contributed by atoms with E-state index in [4.69, 9.17) is 34.2 Å². The lowest BCUT2D eigenvalue weighted by atomic mass is 9.85. The van der Waals surface area contributed by atoms with E-state index >= 15 is 0 Å². The van der Waals surface area contributed by atoms with E-state index in [1.165, 1.54) is 14.2 Å². The molecule has 0 saturated carbocycles. The molecule has 2 aliphatic rings. The molecule has 13 atom stereocenters. The van der Waals surface area contributed by atoms with Gasteiger partial charge >= 0.3 is 6.03 Å². The van der Waals surface area contributed by atoms with Crippen LogP contribution in [0.25, 0.3) is 0 Å². The van der Waals surface area contributed by atoms with E-state index < -0.39 is 78.0 Å². The van der Waals surface area contributed by atoms with Gasteiger partial charge in [0.25, 0.3) is 0 Å². The molecule has 2 heterocycles. The first kappa shape index (κ1) is 92.9. The number of ether oxygens (including phenoxy) is 6. The number of hydrogen-bond acceptors (Lipinski definition) is 18. The minimum atomic E-state index is -0.906. The van der Waals surface area contributed by atoms with Gasteiger partial charge in [0.05, 0.1) is 102 Å². The first-order valence-electron chi connectivity index (χ1n) is 38.9. The van der Waals surface area contributed by atoms with E-state index in [0.29, 0.717) is 89.3 Å². The lowest BCUT2D eigenvalue weighted by Crippen LogP contribution is -2.59. The van der Waals surface area contributed by atoms with Crippen molar-refractivity contribution in [2.24, 2.45) is 53.1 Å². The van der Waals surface area contributed by atoms with Crippen LogP contribution in [0.15, 0.2) is 54.6 Å². The quantitative estimate of drug-likeness (QED) is 0.0368. The summed E-state index contributed by atoms with van der Waals surface area (Å²) < 4.78 is 34.6. The Morgan fingerprint density at radius 3 is 1.77 bits per heavy atom. The molecule has 0 aliphatic carbocycles. The number of nitrogens with two attached hydrogens (primary N) is 1. The van der Waals surface area contributed by atoms with Crippen molar-refractivity contribution in [1.29, 1.82) is 0 Å². The van der Waals surface area contributed by atoms with Crippen molar-refractivity contribution in [2.45, 2.75) is 208 Å². The van der Waals surface area contributed by atoms with E-state index in [1.807, 2.05) is 103 Å². The summed E-state index contributed by atoms with van der Waals surface area (Å²) in [7, 11) is 10.1. The zero-order valence-electron chi connectivity index (χ0n) is 67.4. The monoisotopic (exact) mass is 1520 g/mol. The maximum absolute atomic E-state index is 14.7. The van der Waals surface area contributed by atoms with Crippen LogP contribution in [0.1, 0.15) is 157 Å². The third kappa shape index (κ3) is 30.8. The number of rotatable bonds is 51. The summed E-state index contributed by atoms with van der Waals surface area (Å²) in [4.78, 5) is 156. The third-order valence-corrected chi connectivity index (χ3v) is 20.9. The Bertz CT molecular complexity index is 3120. The van der Waals surface area contributed by atoms with Crippen LogP contribution >= 0.6 is 0 Å². The minimum Gasteiger partial charge on any atom is -0.379 e. The summed E-state index contributed by atoms with van der Waals surface area (Å²) >= 11 is 0. The Balaban J connectivity index is 1.30. The maximum atomic E-state index is 14.7. The number of anilines is 1. The van der Waals surface area contributed by atoms with Gasteiger partial charge in [-0.2, -0.15) is 0 Å².